The first kappa shape index (κ1) is 19.0. The Bertz CT molecular complexity index is 1040. The molecule has 7 nitrogen and oxygen atoms in total. The molecule has 1 unspecified atom stereocenters. The molecule has 0 radical (unpaired) electrons. The number of carboxylic acids is 1. The maximum absolute atomic E-state index is 12.0. The van der Waals surface area contributed by atoms with E-state index >= 15 is 0 Å². The summed E-state index contributed by atoms with van der Waals surface area (Å²) in [7, 11) is 0. The summed E-state index contributed by atoms with van der Waals surface area (Å²) in [6.07, 6.45) is 2.98. The number of furan rings is 1. The van der Waals surface area contributed by atoms with Crippen molar-refractivity contribution in [2.24, 2.45) is 5.73 Å². The van der Waals surface area contributed by atoms with E-state index in [1.807, 2.05) is 12.1 Å². The molecular formula is C22H23N3O4. The minimum Gasteiger partial charge on any atom is -0.489 e. The first-order valence-corrected chi connectivity index (χ1v) is 9.56. The minimum absolute atomic E-state index is 0.0399. The molecular weight excluding hydrogens is 370 g/mol. The van der Waals surface area contributed by atoms with Gasteiger partial charge in [-0.1, -0.05) is 12.1 Å². The molecule has 0 amide bonds. The number of nitrogen functional groups attached to an aromatic ring is 1. The molecule has 7 heteroatoms. The monoisotopic (exact) mass is 393 g/mol. The Labute approximate surface area is 168 Å². The Kier molecular flexibility index (Phi) is 5.22. The molecule has 5 N–H and O–H groups in total. The van der Waals surface area contributed by atoms with Crippen LogP contribution < -0.4 is 15.8 Å². The van der Waals surface area contributed by atoms with E-state index < -0.39 is 11.9 Å². The standard InChI is InChI=1S/C22H23N3O4/c23-21(24)14-3-6-20-18(9-14)15(12-28-20)10-19(22(26)27)13-1-4-16(5-2-13)29-17-7-8-25-11-17/h1-6,9,12,17,19,25H,7-8,10-11H2,(H3,23,24)(H,26,27)/t17-,19?/m0/s1. The van der Waals surface area contributed by atoms with E-state index in [4.69, 9.17) is 20.3 Å². The normalized spacial score (nSPS) is 17.3. The number of rotatable bonds is 7. The summed E-state index contributed by atoms with van der Waals surface area (Å²) in [6, 6.07) is 12.5. The van der Waals surface area contributed by atoms with Crippen molar-refractivity contribution in [3.63, 3.8) is 0 Å². The van der Waals surface area contributed by atoms with E-state index in [0.717, 1.165) is 36.2 Å². The van der Waals surface area contributed by atoms with Gasteiger partial charge in [0.05, 0.1) is 12.2 Å². The van der Waals surface area contributed by atoms with Gasteiger partial charge < -0.3 is 25.3 Å². The number of hydrogen-bond acceptors (Lipinski definition) is 5. The smallest absolute Gasteiger partial charge is 0.311 e. The van der Waals surface area contributed by atoms with Crippen molar-refractivity contribution in [3.05, 3.63) is 65.4 Å². The summed E-state index contributed by atoms with van der Waals surface area (Å²) in [6.45, 7) is 1.78. The molecule has 29 heavy (non-hydrogen) atoms. The highest BCUT2D eigenvalue weighted by Crippen LogP contribution is 2.29. The summed E-state index contributed by atoms with van der Waals surface area (Å²) in [5.41, 5.74) is 8.27. The number of ether oxygens (including phenoxy) is 1. The fraction of sp³-hybridized carbons (Fsp3) is 0.273. The number of nitrogens with one attached hydrogen (secondary N) is 2. The van der Waals surface area contributed by atoms with Crippen LogP contribution in [0.25, 0.3) is 11.0 Å². The molecule has 4 rings (SSSR count). The third-order valence-corrected chi connectivity index (χ3v) is 5.29. The number of amidine groups is 1. The van der Waals surface area contributed by atoms with Gasteiger partial charge in [-0.3, -0.25) is 10.2 Å². The lowest BCUT2D eigenvalue weighted by atomic mass is 9.91. The van der Waals surface area contributed by atoms with Crippen LogP contribution in [0.3, 0.4) is 0 Å². The first-order valence-electron chi connectivity index (χ1n) is 9.56. The van der Waals surface area contributed by atoms with Crippen LogP contribution in [0.2, 0.25) is 0 Å². The maximum Gasteiger partial charge on any atom is 0.311 e. The average molecular weight is 393 g/mol. The third-order valence-electron chi connectivity index (χ3n) is 5.29. The number of hydrogen-bond donors (Lipinski definition) is 4. The van der Waals surface area contributed by atoms with Crippen molar-refractivity contribution in [3.8, 4) is 5.75 Å². The van der Waals surface area contributed by atoms with Crippen LogP contribution >= 0.6 is 0 Å². The predicted octanol–water partition coefficient (Wildman–Crippen LogP) is 2.87. The van der Waals surface area contributed by atoms with Gasteiger partial charge in [0, 0.05) is 17.5 Å². The van der Waals surface area contributed by atoms with E-state index in [2.05, 4.69) is 5.32 Å². The molecule has 0 saturated carbocycles. The summed E-state index contributed by atoms with van der Waals surface area (Å²) in [5.74, 6) is -0.928. The van der Waals surface area contributed by atoms with Gasteiger partial charge in [-0.2, -0.15) is 0 Å². The van der Waals surface area contributed by atoms with Crippen molar-refractivity contribution in [1.82, 2.24) is 5.32 Å². The summed E-state index contributed by atoms with van der Waals surface area (Å²) < 4.78 is 11.5. The second kappa shape index (κ2) is 7.97. The van der Waals surface area contributed by atoms with E-state index in [9.17, 15) is 9.90 Å². The number of aliphatic carboxylic acids is 1. The molecule has 2 atom stereocenters. The quantitative estimate of drug-likeness (QED) is 0.362. The van der Waals surface area contributed by atoms with Gasteiger partial charge in [-0.05, 0) is 60.8 Å². The van der Waals surface area contributed by atoms with Crippen LogP contribution in [-0.4, -0.2) is 36.1 Å². The molecule has 0 aliphatic carbocycles. The number of fused-ring (bicyclic) bond motifs is 1. The van der Waals surface area contributed by atoms with Gasteiger partial charge in [0.25, 0.3) is 0 Å². The molecule has 1 fully saturated rings. The Hall–Kier alpha value is -3.32. The predicted molar refractivity (Wildman–Crippen MR) is 110 cm³/mol. The highest BCUT2D eigenvalue weighted by Gasteiger charge is 2.23. The van der Waals surface area contributed by atoms with Gasteiger partial charge in [0.1, 0.15) is 23.3 Å². The fourth-order valence-corrected chi connectivity index (χ4v) is 3.67. The molecule has 0 spiro atoms. The van der Waals surface area contributed by atoms with Crippen LogP contribution in [0.4, 0.5) is 0 Å². The van der Waals surface area contributed by atoms with Crippen LogP contribution in [0.1, 0.15) is 29.0 Å². The van der Waals surface area contributed by atoms with Gasteiger partial charge in [0.15, 0.2) is 0 Å². The lowest BCUT2D eigenvalue weighted by Crippen LogP contribution is -2.19. The first-order chi connectivity index (χ1) is 14.0. The SMILES string of the molecule is N=C(N)c1ccc2occ(CC(C(=O)O)c3ccc(O[C@H]4CCNC4)cc3)c2c1. The van der Waals surface area contributed by atoms with Crippen molar-refractivity contribution in [1.29, 1.82) is 5.41 Å². The zero-order valence-electron chi connectivity index (χ0n) is 15.9. The summed E-state index contributed by atoms with van der Waals surface area (Å²) in [5, 5.41) is 21.5. The van der Waals surface area contributed by atoms with E-state index in [-0.39, 0.29) is 18.4 Å². The van der Waals surface area contributed by atoms with Crippen LogP contribution in [-0.2, 0) is 11.2 Å². The van der Waals surface area contributed by atoms with E-state index in [1.165, 1.54) is 0 Å². The molecule has 3 aromatic rings. The summed E-state index contributed by atoms with van der Waals surface area (Å²) in [4.78, 5) is 12.0. The number of carbonyl (C=O) groups is 1. The van der Waals surface area contributed by atoms with Crippen molar-refractivity contribution in [2.75, 3.05) is 13.1 Å². The fourth-order valence-electron chi connectivity index (χ4n) is 3.67. The third kappa shape index (κ3) is 4.09. The van der Waals surface area contributed by atoms with Gasteiger partial charge >= 0.3 is 5.97 Å². The largest absolute Gasteiger partial charge is 0.489 e. The lowest BCUT2D eigenvalue weighted by Gasteiger charge is -2.15. The zero-order valence-corrected chi connectivity index (χ0v) is 15.9. The van der Waals surface area contributed by atoms with Crippen LogP contribution in [0.5, 0.6) is 5.75 Å². The molecule has 1 saturated heterocycles. The molecule has 1 aromatic heterocycles. The Morgan fingerprint density at radius 2 is 2.10 bits per heavy atom. The van der Waals surface area contributed by atoms with Crippen molar-refractivity contribution >= 4 is 22.8 Å². The number of benzene rings is 2. The second-order valence-electron chi connectivity index (χ2n) is 7.28. The van der Waals surface area contributed by atoms with Gasteiger partial charge in [-0.15, -0.1) is 0 Å². The van der Waals surface area contributed by atoms with Crippen LogP contribution in [0, 0.1) is 5.41 Å². The van der Waals surface area contributed by atoms with E-state index in [1.54, 1.807) is 36.6 Å². The molecule has 2 heterocycles. The highest BCUT2D eigenvalue weighted by atomic mass is 16.5. The second-order valence-corrected chi connectivity index (χ2v) is 7.28. The van der Waals surface area contributed by atoms with Crippen molar-refractivity contribution in [2.45, 2.75) is 24.9 Å². The Morgan fingerprint density at radius 1 is 1.31 bits per heavy atom. The number of carboxylic acid groups (broad SMARTS) is 1. The Morgan fingerprint density at radius 3 is 2.76 bits per heavy atom. The topological polar surface area (TPSA) is 122 Å². The minimum atomic E-state index is -0.907. The van der Waals surface area contributed by atoms with Crippen molar-refractivity contribution < 1.29 is 19.1 Å². The molecule has 2 aromatic carbocycles. The van der Waals surface area contributed by atoms with E-state index in [0.29, 0.717) is 16.7 Å². The number of nitrogens with two attached hydrogens (primary N) is 1. The molecule has 1 aliphatic rings. The highest BCUT2D eigenvalue weighted by molar-refractivity contribution is 5.99. The molecule has 0 bridgehead atoms. The lowest BCUT2D eigenvalue weighted by molar-refractivity contribution is -0.138. The van der Waals surface area contributed by atoms with Crippen LogP contribution in [0.15, 0.2) is 53.1 Å². The maximum atomic E-state index is 12.0. The van der Waals surface area contributed by atoms with Gasteiger partial charge in [0.2, 0.25) is 0 Å². The zero-order chi connectivity index (χ0) is 20.4. The average Bonchev–Trinajstić information content (AvgIpc) is 3.36. The molecule has 1 aliphatic heterocycles. The Balaban J connectivity index is 1.56. The summed E-state index contributed by atoms with van der Waals surface area (Å²) >= 11 is 0. The van der Waals surface area contributed by atoms with Gasteiger partial charge in [-0.25, -0.2) is 0 Å². The molecule has 150 valence electrons.